The standard InChI is InChI=1S/C20H21N3O6/c1-5-28-14-9-7-6-8-13(14)19-22-23-20(29-19)21-18(24)12-10-15(25-2)17(27-4)16(11-12)26-3/h6-11H,5H2,1-4H3,(H,21,23,24). The van der Waals surface area contributed by atoms with Gasteiger partial charge in [0, 0.05) is 5.56 Å². The number of hydrogen-bond acceptors (Lipinski definition) is 8. The fraction of sp³-hybridized carbons (Fsp3) is 0.250. The molecule has 0 spiro atoms. The number of nitrogens with zero attached hydrogens (tertiary/aromatic N) is 2. The van der Waals surface area contributed by atoms with Crippen molar-refractivity contribution in [2.75, 3.05) is 33.3 Å². The van der Waals surface area contributed by atoms with E-state index in [0.717, 1.165) is 0 Å². The van der Waals surface area contributed by atoms with Crippen molar-refractivity contribution in [1.29, 1.82) is 0 Å². The van der Waals surface area contributed by atoms with Crippen molar-refractivity contribution in [3.63, 3.8) is 0 Å². The van der Waals surface area contributed by atoms with Gasteiger partial charge in [0.15, 0.2) is 11.5 Å². The predicted octanol–water partition coefficient (Wildman–Crippen LogP) is 3.41. The van der Waals surface area contributed by atoms with E-state index in [1.807, 2.05) is 19.1 Å². The Morgan fingerprint density at radius 2 is 1.69 bits per heavy atom. The summed E-state index contributed by atoms with van der Waals surface area (Å²) in [5.41, 5.74) is 0.907. The summed E-state index contributed by atoms with van der Waals surface area (Å²) in [6.45, 7) is 2.38. The molecule has 0 aliphatic heterocycles. The topological polar surface area (TPSA) is 105 Å². The maximum Gasteiger partial charge on any atom is 0.322 e. The summed E-state index contributed by atoms with van der Waals surface area (Å²) in [6, 6.07) is 10.3. The number of amides is 1. The predicted molar refractivity (Wildman–Crippen MR) is 105 cm³/mol. The van der Waals surface area contributed by atoms with Crippen LogP contribution in [0.5, 0.6) is 23.0 Å². The first kappa shape index (κ1) is 20.0. The molecule has 3 aromatic rings. The highest BCUT2D eigenvalue weighted by atomic mass is 16.5. The lowest BCUT2D eigenvalue weighted by Gasteiger charge is -2.13. The SMILES string of the molecule is CCOc1ccccc1-c1nnc(NC(=O)c2cc(OC)c(OC)c(OC)c2)o1. The van der Waals surface area contributed by atoms with E-state index in [-0.39, 0.29) is 17.5 Å². The molecule has 29 heavy (non-hydrogen) atoms. The lowest BCUT2D eigenvalue weighted by Crippen LogP contribution is -2.13. The molecule has 152 valence electrons. The number of ether oxygens (including phenoxy) is 4. The van der Waals surface area contributed by atoms with E-state index in [1.54, 1.807) is 12.1 Å². The Hall–Kier alpha value is -3.75. The third-order valence-electron chi connectivity index (χ3n) is 3.99. The molecule has 0 saturated carbocycles. The van der Waals surface area contributed by atoms with Gasteiger partial charge in [-0.15, -0.1) is 5.10 Å². The Morgan fingerprint density at radius 1 is 1.00 bits per heavy atom. The van der Waals surface area contributed by atoms with Crippen molar-refractivity contribution in [3.8, 4) is 34.5 Å². The second kappa shape index (κ2) is 8.96. The van der Waals surface area contributed by atoms with E-state index in [4.69, 9.17) is 23.4 Å². The van der Waals surface area contributed by atoms with Crippen LogP contribution in [0.4, 0.5) is 6.01 Å². The Balaban J connectivity index is 1.84. The van der Waals surface area contributed by atoms with Gasteiger partial charge < -0.3 is 23.4 Å². The summed E-state index contributed by atoms with van der Waals surface area (Å²) in [6.07, 6.45) is 0. The van der Waals surface area contributed by atoms with E-state index in [1.165, 1.54) is 33.5 Å². The minimum atomic E-state index is -0.474. The monoisotopic (exact) mass is 399 g/mol. The fourth-order valence-electron chi connectivity index (χ4n) is 2.69. The number of rotatable bonds is 8. The molecule has 3 rings (SSSR count). The first-order valence-corrected chi connectivity index (χ1v) is 8.78. The van der Waals surface area contributed by atoms with Crippen molar-refractivity contribution in [1.82, 2.24) is 10.2 Å². The summed E-state index contributed by atoms with van der Waals surface area (Å²) >= 11 is 0. The number of carbonyl (C=O) groups is 1. The number of aromatic nitrogens is 2. The molecular formula is C20H21N3O6. The molecule has 0 saturated heterocycles. The molecule has 9 nitrogen and oxygen atoms in total. The van der Waals surface area contributed by atoms with Gasteiger partial charge in [-0.2, -0.15) is 0 Å². The van der Waals surface area contributed by atoms with Crippen molar-refractivity contribution < 1.29 is 28.2 Å². The zero-order chi connectivity index (χ0) is 20.8. The summed E-state index contributed by atoms with van der Waals surface area (Å²) in [7, 11) is 4.43. The Bertz CT molecular complexity index is 976. The summed E-state index contributed by atoms with van der Waals surface area (Å²) in [5.74, 6) is 1.47. The molecule has 1 N–H and O–H groups in total. The molecule has 0 bridgehead atoms. The third kappa shape index (κ3) is 4.23. The second-order valence-electron chi connectivity index (χ2n) is 5.71. The second-order valence-corrected chi connectivity index (χ2v) is 5.71. The number of para-hydroxylation sites is 1. The fourth-order valence-corrected chi connectivity index (χ4v) is 2.69. The highest BCUT2D eigenvalue weighted by Crippen LogP contribution is 2.38. The van der Waals surface area contributed by atoms with Gasteiger partial charge in [-0.1, -0.05) is 17.2 Å². The van der Waals surface area contributed by atoms with Crippen LogP contribution in [0, 0.1) is 0 Å². The molecule has 0 atom stereocenters. The van der Waals surface area contributed by atoms with Crippen molar-refractivity contribution in [2.24, 2.45) is 0 Å². The van der Waals surface area contributed by atoms with E-state index in [2.05, 4.69) is 15.5 Å². The summed E-state index contributed by atoms with van der Waals surface area (Å²) in [5, 5.41) is 10.4. The van der Waals surface area contributed by atoms with E-state index >= 15 is 0 Å². The van der Waals surface area contributed by atoms with Gasteiger partial charge in [-0.05, 0) is 31.2 Å². The third-order valence-corrected chi connectivity index (χ3v) is 3.99. The number of benzene rings is 2. The van der Waals surface area contributed by atoms with Gasteiger partial charge in [0.2, 0.25) is 5.75 Å². The smallest absolute Gasteiger partial charge is 0.322 e. The van der Waals surface area contributed by atoms with Gasteiger partial charge in [0.1, 0.15) is 5.75 Å². The maximum absolute atomic E-state index is 12.6. The molecule has 9 heteroatoms. The first-order chi connectivity index (χ1) is 14.1. The van der Waals surface area contributed by atoms with Crippen molar-refractivity contribution >= 4 is 11.9 Å². The van der Waals surface area contributed by atoms with Crippen LogP contribution in [0.25, 0.3) is 11.5 Å². The molecular weight excluding hydrogens is 378 g/mol. The molecule has 1 heterocycles. The number of carbonyl (C=O) groups excluding carboxylic acids is 1. The minimum absolute atomic E-state index is 0.0509. The lowest BCUT2D eigenvalue weighted by atomic mass is 10.1. The molecule has 0 aliphatic rings. The van der Waals surface area contributed by atoms with E-state index < -0.39 is 5.91 Å². The molecule has 0 fully saturated rings. The van der Waals surface area contributed by atoms with Crippen LogP contribution in [0.1, 0.15) is 17.3 Å². The van der Waals surface area contributed by atoms with Gasteiger partial charge in [0.05, 0.1) is 33.5 Å². The molecule has 1 amide bonds. The van der Waals surface area contributed by atoms with Gasteiger partial charge >= 0.3 is 6.01 Å². The molecule has 0 aliphatic carbocycles. The van der Waals surface area contributed by atoms with Crippen LogP contribution in [0.2, 0.25) is 0 Å². The quantitative estimate of drug-likeness (QED) is 0.614. The zero-order valence-electron chi connectivity index (χ0n) is 16.5. The van der Waals surface area contributed by atoms with Crippen molar-refractivity contribution in [2.45, 2.75) is 6.92 Å². The van der Waals surface area contributed by atoms with E-state index in [9.17, 15) is 4.79 Å². The average molecular weight is 399 g/mol. The summed E-state index contributed by atoms with van der Waals surface area (Å²) < 4.78 is 26.9. The zero-order valence-corrected chi connectivity index (χ0v) is 16.5. The van der Waals surface area contributed by atoms with Gasteiger partial charge in [0.25, 0.3) is 11.8 Å². The normalized spacial score (nSPS) is 10.3. The van der Waals surface area contributed by atoms with E-state index in [0.29, 0.717) is 35.2 Å². The number of anilines is 1. The number of hydrogen-bond donors (Lipinski definition) is 1. The lowest BCUT2D eigenvalue weighted by molar-refractivity contribution is 0.102. The molecule has 1 aromatic heterocycles. The minimum Gasteiger partial charge on any atom is -0.493 e. The first-order valence-electron chi connectivity index (χ1n) is 8.78. The number of methoxy groups -OCH3 is 3. The van der Waals surface area contributed by atoms with Crippen LogP contribution in [-0.4, -0.2) is 44.0 Å². The molecule has 2 aromatic carbocycles. The van der Waals surface area contributed by atoms with Crippen LogP contribution < -0.4 is 24.3 Å². The summed E-state index contributed by atoms with van der Waals surface area (Å²) in [4.78, 5) is 12.6. The van der Waals surface area contributed by atoms with Crippen LogP contribution in [0.15, 0.2) is 40.8 Å². The average Bonchev–Trinajstić information content (AvgIpc) is 3.21. The van der Waals surface area contributed by atoms with Gasteiger partial charge in [-0.3, -0.25) is 10.1 Å². The highest BCUT2D eigenvalue weighted by Gasteiger charge is 2.19. The largest absolute Gasteiger partial charge is 0.493 e. The Labute approximate surface area is 167 Å². The number of nitrogens with one attached hydrogen (secondary N) is 1. The molecule has 0 radical (unpaired) electrons. The van der Waals surface area contributed by atoms with Crippen molar-refractivity contribution in [3.05, 3.63) is 42.0 Å². The Morgan fingerprint density at radius 3 is 2.31 bits per heavy atom. The van der Waals surface area contributed by atoms with Gasteiger partial charge in [-0.25, -0.2) is 0 Å². The van der Waals surface area contributed by atoms with Crippen LogP contribution >= 0.6 is 0 Å². The Kier molecular flexibility index (Phi) is 6.18. The highest BCUT2D eigenvalue weighted by molar-refractivity contribution is 6.04. The molecule has 0 unspecified atom stereocenters. The maximum atomic E-state index is 12.6. The van der Waals surface area contributed by atoms with Crippen LogP contribution in [-0.2, 0) is 0 Å². The van der Waals surface area contributed by atoms with Crippen LogP contribution in [0.3, 0.4) is 0 Å².